The average Bonchev–Trinajstić information content (AvgIpc) is 2.70. The number of nitrogens with zero attached hydrogens (tertiary/aromatic N) is 1. The van der Waals surface area contributed by atoms with Gasteiger partial charge in [-0.25, -0.2) is 0 Å². The molecule has 0 spiro atoms. The van der Waals surface area contributed by atoms with Gasteiger partial charge in [-0.1, -0.05) is 44.5 Å². The summed E-state index contributed by atoms with van der Waals surface area (Å²) in [7, 11) is 0. The molecule has 3 heteroatoms. The number of benzene rings is 1. The van der Waals surface area contributed by atoms with Crippen LogP contribution in [0.3, 0.4) is 0 Å². The predicted octanol–water partition coefficient (Wildman–Crippen LogP) is 3.56. The van der Waals surface area contributed by atoms with Crippen LogP contribution in [0.4, 0.5) is 0 Å². The molecule has 3 atom stereocenters. The van der Waals surface area contributed by atoms with Crippen LogP contribution in [0, 0.1) is 19.8 Å². The molecule has 0 saturated carbocycles. The fourth-order valence-electron chi connectivity index (χ4n) is 3.38. The van der Waals surface area contributed by atoms with Gasteiger partial charge in [-0.3, -0.25) is 10.1 Å². The van der Waals surface area contributed by atoms with Crippen molar-refractivity contribution in [3.8, 4) is 0 Å². The molecular formula is C18H28N2O. The Hall–Kier alpha value is -1.35. The Kier molecular flexibility index (Phi) is 4.72. The van der Waals surface area contributed by atoms with E-state index in [-0.39, 0.29) is 24.2 Å². The second kappa shape index (κ2) is 6.18. The highest BCUT2D eigenvalue weighted by Gasteiger charge is 2.41. The second-order valence-corrected chi connectivity index (χ2v) is 6.62. The Morgan fingerprint density at radius 3 is 2.52 bits per heavy atom. The molecule has 1 aromatic carbocycles. The van der Waals surface area contributed by atoms with E-state index < -0.39 is 0 Å². The van der Waals surface area contributed by atoms with Crippen molar-refractivity contribution >= 4 is 5.91 Å². The molecule has 1 aliphatic rings. The minimum atomic E-state index is -0.109. The maximum atomic E-state index is 12.7. The largest absolute Gasteiger partial charge is 0.318 e. The number of nitrogens with one attached hydrogen (secondary N) is 1. The number of hydrogen-bond donors (Lipinski definition) is 1. The number of carbonyl (C=O) groups excluding carboxylic acids is 1. The van der Waals surface area contributed by atoms with Gasteiger partial charge in [-0.15, -0.1) is 0 Å². The van der Waals surface area contributed by atoms with E-state index in [2.05, 4.69) is 63.0 Å². The number of rotatable bonds is 4. The van der Waals surface area contributed by atoms with Crippen molar-refractivity contribution in [3.05, 3.63) is 34.9 Å². The zero-order valence-corrected chi connectivity index (χ0v) is 14.1. The van der Waals surface area contributed by atoms with Crippen LogP contribution < -0.4 is 5.32 Å². The first-order chi connectivity index (χ1) is 9.86. The third-order valence-corrected chi connectivity index (χ3v) is 4.59. The maximum absolute atomic E-state index is 12.7. The highest BCUT2D eigenvalue weighted by molar-refractivity contribution is 5.84. The van der Waals surface area contributed by atoms with Gasteiger partial charge < -0.3 is 4.90 Å². The molecule has 1 aromatic rings. The number of amides is 1. The van der Waals surface area contributed by atoms with Crippen LogP contribution in [0.2, 0.25) is 0 Å². The summed E-state index contributed by atoms with van der Waals surface area (Å²) >= 11 is 0. The van der Waals surface area contributed by atoms with Gasteiger partial charge >= 0.3 is 0 Å². The molecule has 2 rings (SSSR count). The summed E-state index contributed by atoms with van der Waals surface area (Å²) < 4.78 is 0. The van der Waals surface area contributed by atoms with E-state index >= 15 is 0 Å². The molecule has 1 aliphatic heterocycles. The van der Waals surface area contributed by atoms with E-state index in [1.165, 1.54) is 16.7 Å². The molecule has 1 N–H and O–H groups in total. The van der Waals surface area contributed by atoms with Crippen molar-refractivity contribution in [3.63, 3.8) is 0 Å². The fourth-order valence-corrected chi connectivity index (χ4v) is 3.38. The van der Waals surface area contributed by atoms with Gasteiger partial charge in [0.25, 0.3) is 0 Å². The van der Waals surface area contributed by atoms with Gasteiger partial charge in [-0.2, -0.15) is 0 Å². The summed E-state index contributed by atoms with van der Waals surface area (Å²) in [6, 6.07) is 6.65. The van der Waals surface area contributed by atoms with Crippen LogP contribution in [0.1, 0.15) is 57.0 Å². The Morgan fingerprint density at radius 2 is 1.95 bits per heavy atom. The van der Waals surface area contributed by atoms with Gasteiger partial charge in [-0.05, 0) is 44.2 Å². The Balaban J connectivity index is 2.45. The van der Waals surface area contributed by atoms with Gasteiger partial charge in [0.15, 0.2) is 0 Å². The van der Waals surface area contributed by atoms with Crippen molar-refractivity contribution in [2.24, 2.45) is 5.92 Å². The first-order valence-corrected chi connectivity index (χ1v) is 8.02. The lowest BCUT2D eigenvalue weighted by molar-refractivity contribution is -0.133. The lowest BCUT2D eigenvalue weighted by Crippen LogP contribution is -2.42. The Morgan fingerprint density at radius 1 is 1.29 bits per heavy atom. The van der Waals surface area contributed by atoms with E-state index in [0.717, 1.165) is 6.42 Å². The third kappa shape index (κ3) is 2.98. The highest BCUT2D eigenvalue weighted by atomic mass is 16.2. The Bertz CT molecular complexity index is 524. The van der Waals surface area contributed by atoms with E-state index in [9.17, 15) is 4.79 Å². The molecule has 0 bridgehead atoms. The fraction of sp³-hybridized carbons (Fsp3) is 0.611. The summed E-state index contributed by atoms with van der Waals surface area (Å²) in [6.07, 6.45) is 0.985. The van der Waals surface area contributed by atoms with Crippen LogP contribution in [0.25, 0.3) is 0 Å². The third-order valence-electron chi connectivity index (χ3n) is 4.59. The van der Waals surface area contributed by atoms with Crippen molar-refractivity contribution < 1.29 is 4.79 Å². The predicted molar refractivity (Wildman–Crippen MR) is 87.0 cm³/mol. The minimum Gasteiger partial charge on any atom is -0.318 e. The normalized spacial score (nSPS) is 24.0. The molecule has 3 unspecified atom stereocenters. The molecule has 1 heterocycles. The van der Waals surface area contributed by atoms with E-state index in [4.69, 9.17) is 0 Å². The minimum absolute atomic E-state index is 0.000231. The van der Waals surface area contributed by atoms with Crippen LogP contribution in [0.5, 0.6) is 0 Å². The quantitative estimate of drug-likeness (QED) is 0.919. The van der Waals surface area contributed by atoms with Crippen LogP contribution in [-0.2, 0) is 4.79 Å². The molecule has 1 saturated heterocycles. The highest BCUT2D eigenvalue weighted by Crippen LogP contribution is 2.33. The van der Waals surface area contributed by atoms with Gasteiger partial charge in [0.2, 0.25) is 5.91 Å². The van der Waals surface area contributed by atoms with Crippen molar-refractivity contribution in [2.75, 3.05) is 0 Å². The molecular weight excluding hydrogens is 260 g/mol. The summed E-state index contributed by atoms with van der Waals surface area (Å²) in [5.74, 6) is 0.681. The zero-order valence-electron chi connectivity index (χ0n) is 14.1. The molecule has 0 aromatic heterocycles. The summed E-state index contributed by atoms with van der Waals surface area (Å²) in [5.41, 5.74) is 3.71. The van der Waals surface area contributed by atoms with Crippen LogP contribution in [-0.4, -0.2) is 22.9 Å². The van der Waals surface area contributed by atoms with E-state index in [1.807, 2.05) is 6.92 Å². The smallest absolute Gasteiger partial charge is 0.241 e. The second-order valence-electron chi connectivity index (χ2n) is 6.62. The summed E-state index contributed by atoms with van der Waals surface area (Å²) in [5, 5.41) is 3.48. The van der Waals surface area contributed by atoms with Crippen molar-refractivity contribution in [1.82, 2.24) is 10.2 Å². The first kappa shape index (κ1) is 16.0. The molecule has 21 heavy (non-hydrogen) atoms. The lowest BCUT2D eigenvalue weighted by atomic mass is 9.96. The summed E-state index contributed by atoms with van der Waals surface area (Å²) in [4.78, 5) is 14.7. The molecule has 1 amide bonds. The SMILES string of the molecule is CCC(C(C)C)N1C(=O)C(C)NC1c1cc(C)ccc1C. The number of aryl methyl sites for hydroxylation is 2. The maximum Gasteiger partial charge on any atom is 0.241 e. The van der Waals surface area contributed by atoms with E-state index in [1.54, 1.807) is 0 Å². The van der Waals surface area contributed by atoms with Gasteiger partial charge in [0, 0.05) is 6.04 Å². The van der Waals surface area contributed by atoms with Gasteiger partial charge in [0.1, 0.15) is 6.17 Å². The number of carbonyl (C=O) groups is 1. The van der Waals surface area contributed by atoms with Crippen molar-refractivity contribution in [2.45, 2.75) is 66.2 Å². The molecule has 3 nitrogen and oxygen atoms in total. The van der Waals surface area contributed by atoms with Crippen molar-refractivity contribution in [1.29, 1.82) is 0 Å². The molecule has 0 aliphatic carbocycles. The summed E-state index contributed by atoms with van der Waals surface area (Å²) in [6.45, 7) is 12.8. The Labute approximate surface area is 128 Å². The van der Waals surface area contributed by atoms with Gasteiger partial charge in [0.05, 0.1) is 6.04 Å². The van der Waals surface area contributed by atoms with E-state index in [0.29, 0.717) is 5.92 Å². The monoisotopic (exact) mass is 288 g/mol. The van der Waals surface area contributed by atoms with Crippen LogP contribution >= 0.6 is 0 Å². The first-order valence-electron chi connectivity index (χ1n) is 8.02. The molecule has 1 fully saturated rings. The van der Waals surface area contributed by atoms with Crippen LogP contribution in [0.15, 0.2) is 18.2 Å². The molecule has 116 valence electrons. The lowest BCUT2D eigenvalue weighted by Gasteiger charge is -2.35. The standard InChI is InChI=1S/C18H28N2O/c1-7-16(11(2)3)20-17(19-14(6)18(20)21)15-10-12(4)8-9-13(15)5/h8-11,14,16-17,19H,7H2,1-6H3. The average molecular weight is 288 g/mol. The number of hydrogen-bond acceptors (Lipinski definition) is 2. The molecule has 0 radical (unpaired) electrons. The zero-order chi connectivity index (χ0) is 15.7. The topological polar surface area (TPSA) is 32.3 Å².